The van der Waals surface area contributed by atoms with Crippen molar-refractivity contribution in [3.63, 3.8) is 0 Å². The van der Waals surface area contributed by atoms with Crippen LogP contribution in [0.3, 0.4) is 0 Å². The van der Waals surface area contributed by atoms with Crippen molar-refractivity contribution >= 4 is 11.6 Å². The van der Waals surface area contributed by atoms with Gasteiger partial charge >= 0.3 is 6.01 Å². The summed E-state index contributed by atoms with van der Waals surface area (Å²) in [5, 5.41) is 7.12. The van der Waals surface area contributed by atoms with Crippen LogP contribution in [0.2, 0.25) is 0 Å². The first kappa shape index (κ1) is 20.1. The molecule has 0 bridgehead atoms. The molecule has 0 unspecified atom stereocenters. The smallest absolute Gasteiger partial charge is 0.336 e. The predicted molar refractivity (Wildman–Crippen MR) is 114 cm³/mol. The SMILES string of the molecule is COc1cccc(C(=O)Nc2ccc(-n3nc(OC)nc3-c3ccccc3F)cc2)c1. The lowest BCUT2D eigenvalue weighted by Crippen LogP contribution is -2.12. The van der Waals surface area contributed by atoms with Gasteiger partial charge in [0.05, 0.1) is 25.5 Å². The Balaban J connectivity index is 1.61. The quantitative estimate of drug-likeness (QED) is 0.504. The van der Waals surface area contributed by atoms with Crippen LogP contribution in [-0.2, 0) is 0 Å². The van der Waals surface area contributed by atoms with Crippen LogP contribution in [-0.4, -0.2) is 34.9 Å². The molecule has 7 nitrogen and oxygen atoms in total. The van der Waals surface area contributed by atoms with Gasteiger partial charge in [0.15, 0.2) is 5.82 Å². The molecule has 0 aliphatic rings. The molecule has 1 aromatic heterocycles. The van der Waals surface area contributed by atoms with Gasteiger partial charge in [0.2, 0.25) is 0 Å². The summed E-state index contributed by atoms with van der Waals surface area (Å²) in [5.74, 6) is 0.231. The number of ether oxygens (including phenoxy) is 2. The van der Waals surface area contributed by atoms with Crippen molar-refractivity contribution < 1.29 is 18.7 Å². The second kappa shape index (κ2) is 8.66. The van der Waals surface area contributed by atoms with Crippen LogP contribution in [0, 0.1) is 5.82 Å². The molecule has 0 spiro atoms. The molecule has 0 saturated carbocycles. The molecule has 1 amide bonds. The highest BCUT2D eigenvalue weighted by Crippen LogP contribution is 2.26. The Morgan fingerprint density at radius 2 is 1.74 bits per heavy atom. The van der Waals surface area contributed by atoms with Crippen LogP contribution >= 0.6 is 0 Å². The highest BCUT2D eigenvalue weighted by molar-refractivity contribution is 6.04. The molecule has 0 aliphatic carbocycles. The standard InChI is InChI=1S/C23H19FN4O3/c1-30-18-7-5-6-15(14-18)22(29)25-16-10-12-17(13-11-16)28-21(26-23(27-28)31-2)19-8-3-4-9-20(19)24/h3-14H,1-2H3,(H,25,29). The average molecular weight is 418 g/mol. The molecule has 0 atom stereocenters. The third-order valence-corrected chi connectivity index (χ3v) is 4.59. The van der Waals surface area contributed by atoms with Gasteiger partial charge in [-0.1, -0.05) is 18.2 Å². The summed E-state index contributed by atoms with van der Waals surface area (Å²) < 4.78 is 26.1. The molecule has 31 heavy (non-hydrogen) atoms. The number of hydrogen-bond donors (Lipinski definition) is 1. The predicted octanol–water partition coefficient (Wildman–Crippen LogP) is 4.34. The van der Waals surface area contributed by atoms with Crippen LogP contribution in [0.15, 0.2) is 72.8 Å². The van der Waals surface area contributed by atoms with Crippen molar-refractivity contribution in [3.8, 4) is 28.8 Å². The van der Waals surface area contributed by atoms with Gasteiger partial charge in [-0.2, -0.15) is 4.98 Å². The number of hydrogen-bond acceptors (Lipinski definition) is 5. The Hall–Kier alpha value is -4.20. The van der Waals surface area contributed by atoms with Crippen molar-refractivity contribution in [2.45, 2.75) is 0 Å². The van der Waals surface area contributed by atoms with Crippen LogP contribution in [0.4, 0.5) is 10.1 Å². The molecule has 0 fully saturated rings. The zero-order chi connectivity index (χ0) is 21.8. The summed E-state index contributed by atoms with van der Waals surface area (Å²) in [4.78, 5) is 16.8. The van der Waals surface area contributed by atoms with Crippen molar-refractivity contribution in [3.05, 3.63) is 84.2 Å². The summed E-state index contributed by atoms with van der Waals surface area (Å²) in [7, 11) is 2.99. The van der Waals surface area contributed by atoms with E-state index in [4.69, 9.17) is 9.47 Å². The molecule has 0 saturated heterocycles. The molecule has 4 rings (SSSR count). The maximum Gasteiger partial charge on any atom is 0.336 e. The van der Waals surface area contributed by atoms with E-state index in [2.05, 4.69) is 15.4 Å². The van der Waals surface area contributed by atoms with E-state index < -0.39 is 5.82 Å². The van der Waals surface area contributed by atoms with Crippen molar-refractivity contribution in [1.82, 2.24) is 14.8 Å². The second-order valence-electron chi connectivity index (χ2n) is 6.55. The number of carbonyl (C=O) groups is 1. The molecule has 4 aromatic rings. The van der Waals surface area contributed by atoms with E-state index in [1.54, 1.807) is 73.8 Å². The highest BCUT2D eigenvalue weighted by Gasteiger charge is 2.17. The van der Waals surface area contributed by atoms with Crippen LogP contribution in [0.1, 0.15) is 10.4 Å². The summed E-state index contributed by atoms with van der Waals surface area (Å²) in [6.07, 6.45) is 0. The Morgan fingerprint density at radius 1 is 0.968 bits per heavy atom. The number of rotatable bonds is 6. The summed E-state index contributed by atoms with van der Waals surface area (Å²) in [6, 6.07) is 20.3. The fourth-order valence-electron chi connectivity index (χ4n) is 3.03. The van der Waals surface area contributed by atoms with Gasteiger partial charge in [-0.05, 0) is 54.6 Å². The van der Waals surface area contributed by atoms with Crippen LogP contribution < -0.4 is 14.8 Å². The first-order valence-corrected chi connectivity index (χ1v) is 9.41. The van der Waals surface area contributed by atoms with E-state index in [0.717, 1.165) is 0 Å². The molecule has 8 heteroatoms. The summed E-state index contributed by atoms with van der Waals surface area (Å²) in [5.41, 5.74) is 2.00. The fourth-order valence-corrected chi connectivity index (χ4v) is 3.03. The molecule has 0 aliphatic heterocycles. The number of carbonyl (C=O) groups excluding carboxylic acids is 1. The maximum atomic E-state index is 14.3. The fraction of sp³-hybridized carbons (Fsp3) is 0.0870. The third-order valence-electron chi connectivity index (χ3n) is 4.59. The minimum absolute atomic E-state index is 0.119. The second-order valence-corrected chi connectivity index (χ2v) is 6.55. The van der Waals surface area contributed by atoms with Gasteiger partial charge in [-0.3, -0.25) is 4.79 Å². The maximum absolute atomic E-state index is 14.3. The summed E-state index contributed by atoms with van der Waals surface area (Å²) in [6.45, 7) is 0. The Labute approximate surface area is 178 Å². The number of aromatic nitrogens is 3. The minimum atomic E-state index is -0.416. The molecule has 1 N–H and O–H groups in total. The van der Waals surface area contributed by atoms with Gasteiger partial charge in [-0.15, -0.1) is 5.10 Å². The van der Waals surface area contributed by atoms with Crippen molar-refractivity contribution in [1.29, 1.82) is 0 Å². The molecular weight excluding hydrogens is 399 g/mol. The van der Waals surface area contributed by atoms with E-state index in [9.17, 15) is 9.18 Å². The van der Waals surface area contributed by atoms with E-state index in [-0.39, 0.29) is 11.9 Å². The lowest BCUT2D eigenvalue weighted by molar-refractivity contribution is 0.102. The number of anilines is 1. The van der Waals surface area contributed by atoms with E-state index in [0.29, 0.717) is 34.1 Å². The monoisotopic (exact) mass is 418 g/mol. The van der Waals surface area contributed by atoms with Gasteiger partial charge in [0.1, 0.15) is 11.6 Å². The molecular formula is C23H19FN4O3. The van der Waals surface area contributed by atoms with Gasteiger partial charge in [-0.25, -0.2) is 9.07 Å². The van der Waals surface area contributed by atoms with Crippen LogP contribution in [0.25, 0.3) is 17.1 Å². The minimum Gasteiger partial charge on any atom is -0.497 e. The number of nitrogens with one attached hydrogen (secondary N) is 1. The normalized spacial score (nSPS) is 10.5. The van der Waals surface area contributed by atoms with Crippen molar-refractivity contribution in [2.24, 2.45) is 0 Å². The topological polar surface area (TPSA) is 78.3 Å². The molecule has 156 valence electrons. The summed E-state index contributed by atoms with van der Waals surface area (Å²) >= 11 is 0. The molecule has 1 heterocycles. The molecule has 3 aromatic carbocycles. The zero-order valence-electron chi connectivity index (χ0n) is 16.9. The van der Waals surface area contributed by atoms with E-state index in [1.165, 1.54) is 17.9 Å². The van der Waals surface area contributed by atoms with E-state index >= 15 is 0 Å². The van der Waals surface area contributed by atoms with Gasteiger partial charge < -0.3 is 14.8 Å². The largest absolute Gasteiger partial charge is 0.497 e. The number of benzene rings is 3. The van der Waals surface area contributed by atoms with Crippen LogP contribution in [0.5, 0.6) is 11.8 Å². The molecule has 0 radical (unpaired) electrons. The Morgan fingerprint density at radius 3 is 2.45 bits per heavy atom. The first-order chi connectivity index (χ1) is 15.1. The number of methoxy groups -OCH3 is 2. The zero-order valence-corrected chi connectivity index (χ0v) is 16.9. The number of halogens is 1. The van der Waals surface area contributed by atoms with Crippen molar-refractivity contribution in [2.75, 3.05) is 19.5 Å². The number of nitrogens with zero attached hydrogens (tertiary/aromatic N) is 3. The lowest BCUT2D eigenvalue weighted by atomic mass is 10.2. The first-order valence-electron chi connectivity index (χ1n) is 9.41. The average Bonchev–Trinajstić information content (AvgIpc) is 3.24. The van der Waals surface area contributed by atoms with Gasteiger partial charge in [0.25, 0.3) is 5.91 Å². The van der Waals surface area contributed by atoms with Gasteiger partial charge in [0, 0.05) is 11.3 Å². The lowest BCUT2D eigenvalue weighted by Gasteiger charge is -2.09. The third kappa shape index (κ3) is 4.23. The Bertz CT molecular complexity index is 1220. The van der Waals surface area contributed by atoms with E-state index in [1.807, 2.05) is 0 Å². The Kier molecular flexibility index (Phi) is 5.61. The highest BCUT2D eigenvalue weighted by atomic mass is 19.1. The number of amides is 1.